The van der Waals surface area contributed by atoms with Crippen molar-refractivity contribution in [3.63, 3.8) is 0 Å². The van der Waals surface area contributed by atoms with Gasteiger partial charge in [-0.2, -0.15) is 13.2 Å². The first kappa shape index (κ1) is 15.1. The molecule has 1 atom stereocenters. The molecule has 3 N–H and O–H groups in total. The van der Waals surface area contributed by atoms with Crippen molar-refractivity contribution in [3.8, 4) is 5.75 Å². The number of halogens is 3. The number of hydrogen-bond donors (Lipinski definition) is 2. The van der Waals surface area contributed by atoms with Crippen molar-refractivity contribution in [2.45, 2.75) is 25.6 Å². The maximum absolute atomic E-state index is 12.1. The molecule has 0 fully saturated rings. The molecule has 0 saturated carbocycles. The summed E-state index contributed by atoms with van der Waals surface area (Å²) in [6.45, 7) is 0.928. The average Bonchev–Trinajstić information content (AvgIpc) is 2.23. The van der Waals surface area contributed by atoms with Gasteiger partial charge in [-0.25, -0.2) is 0 Å². The Balaban J connectivity index is 2.36. The summed E-state index contributed by atoms with van der Waals surface area (Å²) in [6.07, 6.45) is -5.38. The largest absolute Gasteiger partial charge is 0.484 e. The third-order valence-electron chi connectivity index (χ3n) is 2.17. The fourth-order valence-electron chi connectivity index (χ4n) is 1.47. The molecule has 1 aromatic carbocycles. The van der Waals surface area contributed by atoms with E-state index in [1.165, 1.54) is 13.0 Å². The van der Waals surface area contributed by atoms with Gasteiger partial charge in [0, 0.05) is 17.8 Å². The van der Waals surface area contributed by atoms with Gasteiger partial charge < -0.3 is 15.8 Å². The molecule has 1 aromatic rings. The van der Waals surface area contributed by atoms with Crippen molar-refractivity contribution >= 4 is 11.6 Å². The van der Waals surface area contributed by atoms with Crippen molar-refractivity contribution in [1.29, 1.82) is 0 Å². The van der Waals surface area contributed by atoms with Crippen LogP contribution in [-0.4, -0.2) is 24.7 Å². The highest BCUT2D eigenvalue weighted by atomic mass is 19.4. The number of carbonyl (C=O) groups is 1. The number of anilines is 1. The van der Waals surface area contributed by atoms with Gasteiger partial charge in [0.1, 0.15) is 5.75 Å². The first-order valence-electron chi connectivity index (χ1n) is 5.61. The Bertz CT molecular complexity index is 435. The van der Waals surface area contributed by atoms with E-state index in [-0.39, 0.29) is 6.61 Å². The van der Waals surface area contributed by atoms with Gasteiger partial charge in [0.05, 0.1) is 6.42 Å². The molecule has 0 aliphatic rings. The zero-order valence-corrected chi connectivity index (χ0v) is 10.3. The van der Waals surface area contributed by atoms with Gasteiger partial charge >= 0.3 is 6.18 Å². The fourth-order valence-corrected chi connectivity index (χ4v) is 1.47. The molecule has 0 radical (unpaired) electrons. The van der Waals surface area contributed by atoms with Gasteiger partial charge in [0.25, 0.3) is 5.91 Å². The lowest BCUT2D eigenvalue weighted by atomic mass is 10.2. The third-order valence-corrected chi connectivity index (χ3v) is 2.17. The number of ether oxygens (including phenoxy) is 1. The highest BCUT2D eigenvalue weighted by molar-refractivity contribution is 5.77. The van der Waals surface area contributed by atoms with Gasteiger partial charge in [-0.3, -0.25) is 4.79 Å². The molecular formula is C12H15F3N2O2. The quantitative estimate of drug-likeness (QED) is 0.809. The summed E-state index contributed by atoms with van der Waals surface area (Å²) in [6, 6.07) is 5.43. The molecule has 4 nitrogen and oxygen atoms in total. The van der Waals surface area contributed by atoms with Crippen molar-refractivity contribution < 1.29 is 22.7 Å². The van der Waals surface area contributed by atoms with Crippen LogP contribution < -0.4 is 15.8 Å². The molecule has 0 bridgehead atoms. The van der Waals surface area contributed by atoms with Crippen LogP contribution in [0.5, 0.6) is 5.75 Å². The van der Waals surface area contributed by atoms with Crippen LogP contribution in [0, 0.1) is 0 Å². The van der Waals surface area contributed by atoms with Crippen molar-refractivity contribution in [1.82, 2.24) is 5.32 Å². The zero-order valence-electron chi connectivity index (χ0n) is 10.3. The third kappa shape index (κ3) is 6.54. The Morgan fingerprint density at radius 3 is 2.74 bits per heavy atom. The van der Waals surface area contributed by atoms with Crippen LogP contribution in [0.3, 0.4) is 0 Å². The molecule has 106 valence electrons. The normalized spacial score (nSPS) is 12.8. The summed E-state index contributed by atoms with van der Waals surface area (Å²) in [5.41, 5.74) is 5.98. The molecule has 0 saturated heterocycles. The molecule has 0 aromatic heterocycles. The molecule has 1 unspecified atom stereocenters. The number of rotatable bonds is 5. The summed E-state index contributed by atoms with van der Waals surface area (Å²) in [5.74, 6) is -0.224. The maximum atomic E-state index is 12.1. The first-order chi connectivity index (χ1) is 8.76. The summed E-state index contributed by atoms with van der Waals surface area (Å²) in [4.78, 5) is 11.4. The molecule has 0 heterocycles. The number of amides is 1. The van der Waals surface area contributed by atoms with E-state index in [0.717, 1.165) is 0 Å². The van der Waals surface area contributed by atoms with E-state index >= 15 is 0 Å². The van der Waals surface area contributed by atoms with Gasteiger partial charge in [-0.05, 0) is 19.1 Å². The Kier molecular flexibility index (Phi) is 5.02. The van der Waals surface area contributed by atoms with E-state index in [0.29, 0.717) is 11.4 Å². The molecule has 0 spiro atoms. The van der Waals surface area contributed by atoms with Gasteiger partial charge in [-0.1, -0.05) is 6.07 Å². The first-order valence-corrected chi connectivity index (χ1v) is 5.61. The highest BCUT2D eigenvalue weighted by Crippen LogP contribution is 2.21. The lowest BCUT2D eigenvalue weighted by Gasteiger charge is -2.16. The predicted molar refractivity (Wildman–Crippen MR) is 64.6 cm³/mol. The topological polar surface area (TPSA) is 64.3 Å². The number of benzene rings is 1. The van der Waals surface area contributed by atoms with Crippen LogP contribution in [0.25, 0.3) is 0 Å². The predicted octanol–water partition coefficient (Wildman–Crippen LogP) is 2.10. The number of hydrogen-bond acceptors (Lipinski definition) is 3. The molecular weight excluding hydrogens is 261 g/mol. The second-order valence-corrected chi connectivity index (χ2v) is 4.15. The second-order valence-electron chi connectivity index (χ2n) is 4.15. The van der Waals surface area contributed by atoms with Crippen molar-refractivity contribution in [3.05, 3.63) is 24.3 Å². The van der Waals surface area contributed by atoms with Gasteiger partial charge in [-0.15, -0.1) is 0 Å². The second kappa shape index (κ2) is 6.31. The van der Waals surface area contributed by atoms with E-state index in [9.17, 15) is 18.0 Å². The number of carbonyl (C=O) groups excluding carboxylic acids is 1. The molecule has 19 heavy (non-hydrogen) atoms. The Morgan fingerprint density at radius 1 is 1.47 bits per heavy atom. The zero-order chi connectivity index (χ0) is 14.5. The van der Waals surface area contributed by atoms with Crippen LogP contribution in [0.1, 0.15) is 13.3 Å². The van der Waals surface area contributed by atoms with Crippen LogP contribution in [-0.2, 0) is 4.79 Å². The van der Waals surface area contributed by atoms with Crippen LogP contribution in [0.15, 0.2) is 24.3 Å². The summed E-state index contributed by atoms with van der Waals surface area (Å²) >= 11 is 0. The minimum absolute atomic E-state index is 0.356. The molecule has 0 aliphatic heterocycles. The highest BCUT2D eigenvalue weighted by Gasteiger charge is 2.30. The van der Waals surface area contributed by atoms with E-state index in [2.05, 4.69) is 5.32 Å². The van der Waals surface area contributed by atoms with Gasteiger partial charge in [0.2, 0.25) is 0 Å². The molecule has 1 amide bonds. The van der Waals surface area contributed by atoms with Crippen LogP contribution in [0.4, 0.5) is 18.9 Å². The monoisotopic (exact) mass is 276 g/mol. The number of nitrogens with one attached hydrogen (secondary N) is 1. The van der Waals surface area contributed by atoms with E-state index < -0.39 is 24.5 Å². The SMILES string of the molecule is CC(CC(F)(F)F)NC(=O)COc1cccc(N)c1. The Morgan fingerprint density at radius 2 is 2.16 bits per heavy atom. The Labute approximate surface area is 108 Å². The number of nitrogens with two attached hydrogens (primary N) is 1. The minimum Gasteiger partial charge on any atom is -0.484 e. The van der Waals surface area contributed by atoms with E-state index in [4.69, 9.17) is 10.5 Å². The molecule has 0 aliphatic carbocycles. The fraction of sp³-hybridized carbons (Fsp3) is 0.417. The van der Waals surface area contributed by atoms with Gasteiger partial charge in [0.15, 0.2) is 6.61 Å². The standard InChI is InChI=1S/C12H15F3N2O2/c1-8(6-12(13,14)15)17-11(18)7-19-10-4-2-3-9(16)5-10/h2-5,8H,6-7,16H2,1H3,(H,17,18). The lowest BCUT2D eigenvalue weighted by Crippen LogP contribution is -2.38. The smallest absolute Gasteiger partial charge is 0.391 e. The Hall–Kier alpha value is -1.92. The number of alkyl halides is 3. The van der Waals surface area contributed by atoms with Crippen LogP contribution in [0.2, 0.25) is 0 Å². The van der Waals surface area contributed by atoms with Crippen molar-refractivity contribution in [2.75, 3.05) is 12.3 Å². The molecule has 1 rings (SSSR count). The molecule has 7 heteroatoms. The van der Waals surface area contributed by atoms with E-state index in [1.807, 2.05) is 0 Å². The van der Waals surface area contributed by atoms with E-state index in [1.54, 1.807) is 18.2 Å². The summed E-state index contributed by atoms with van der Waals surface area (Å²) in [7, 11) is 0. The average molecular weight is 276 g/mol. The maximum Gasteiger partial charge on any atom is 0.391 e. The lowest BCUT2D eigenvalue weighted by molar-refractivity contribution is -0.141. The van der Waals surface area contributed by atoms with Crippen molar-refractivity contribution in [2.24, 2.45) is 0 Å². The summed E-state index contributed by atoms with van der Waals surface area (Å²) < 4.78 is 41.3. The minimum atomic E-state index is -4.30. The summed E-state index contributed by atoms with van der Waals surface area (Å²) in [5, 5.41) is 2.21. The van der Waals surface area contributed by atoms with Crippen LogP contribution >= 0.6 is 0 Å². The number of nitrogen functional groups attached to an aromatic ring is 1.